The number of ether oxygens (including phenoxy) is 2. The largest absolute Gasteiger partial charge is 0.573 e. The molecule has 0 atom stereocenters. The first-order valence-electron chi connectivity index (χ1n) is 4.32. The molecule has 0 spiro atoms. The second-order valence-electron chi connectivity index (χ2n) is 2.89. The number of halogens is 4. The summed E-state index contributed by atoms with van der Waals surface area (Å²) < 4.78 is 44.4. The highest BCUT2D eigenvalue weighted by molar-refractivity contribution is 6.17. The van der Waals surface area contributed by atoms with E-state index in [2.05, 4.69) is 14.5 Å². The maximum Gasteiger partial charge on any atom is 0.573 e. The molecule has 1 aromatic heterocycles. The molecule has 0 fully saturated rings. The lowest BCUT2D eigenvalue weighted by molar-refractivity contribution is -0.387. The number of alkyl halides is 4. The molecule has 0 aromatic carbocycles. The van der Waals surface area contributed by atoms with Crippen molar-refractivity contribution < 1.29 is 27.6 Å². The van der Waals surface area contributed by atoms with Crippen LogP contribution in [0.25, 0.3) is 0 Å². The van der Waals surface area contributed by atoms with Gasteiger partial charge in [0.25, 0.3) is 0 Å². The van der Waals surface area contributed by atoms with Gasteiger partial charge in [-0.1, -0.05) is 0 Å². The van der Waals surface area contributed by atoms with Crippen molar-refractivity contribution in [2.24, 2.45) is 0 Å². The maximum atomic E-state index is 12.1. The lowest BCUT2D eigenvalue weighted by Crippen LogP contribution is -2.18. The molecule has 0 saturated carbocycles. The predicted octanol–water partition coefficient (Wildman–Crippen LogP) is 2.64. The Labute approximate surface area is 103 Å². The summed E-state index contributed by atoms with van der Waals surface area (Å²) in [5.41, 5.74) is -0.970. The maximum absolute atomic E-state index is 12.1. The molecule has 100 valence electrons. The Morgan fingerprint density at radius 3 is 2.56 bits per heavy atom. The molecule has 0 aliphatic heterocycles. The van der Waals surface area contributed by atoms with E-state index in [1.807, 2.05) is 0 Å². The van der Waals surface area contributed by atoms with Crippen LogP contribution in [0.1, 0.15) is 5.69 Å². The van der Waals surface area contributed by atoms with Gasteiger partial charge in [0.15, 0.2) is 5.75 Å². The van der Waals surface area contributed by atoms with E-state index >= 15 is 0 Å². The number of nitro groups is 1. The molecule has 0 N–H and O–H groups in total. The van der Waals surface area contributed by atoms with Crippen LogP contribution in [0.4, 0.5) is 18.9 Å². The number of aromatic nitrogens is 1. The van der Waals surface area contributed by atoms with E-state index in [0.717, 1.165) is 7.11 Å². The normalized spacial score (nSPS) is 11.2. The second-order valence-corrected chi connectivity index (χ2v) is 3.16. The summed E-state index contributed by atoms with van der Waals surface area (Å²) in [5.74, 6) is -1.92. The van der Waals surface area contributed by atoms with Gasteiger partial charge in [0.05, 0.1) is 24.1 Å². The minimum Gasteiger partial charge on any atom is -0.487 e. The number of pyridine rings is 1. The van der Waals surface area contributed by atoms with E-state index in [1.54, 1.807) is 0 Å². The monoisotopic (exact) mass is 286 g/mol. The van der Waals surface area contributed by atoms with Crippen molar-refractivity contribution in [2.75, 3.05) is 7.11 Å². The lowest BCUT2D eigenvalue weighted by atomic mass is 10.3. The van der Waals surface area contributed by atoms with E-state index in [0.29, 0.717) is 6.20 Å². The molecule has 6 nitrogen and oxygen atoms in total. The van der Waals surface area contributed by atoms with Gasteiger partial charge < -0.3 is 9.47 Å². The zero-order valence-corrected chi connectivity index (χ0v) is 9.58. The minimum atomic E-state index is -5.01. The molecule has 1 rings (SSSR count). The Hall–Kier alpha value is -1.77. The van der Waals surface area contributed by atoms with E-state index in [4.69, 9.17) is 11.6 Å². The van der Waals surface area contributed by atoms with E-state index < -0.39 is 28.5 Å². The first kappa shape index (κ1) is 14.3. The second kappa shape index (κ2) is 5.25. The van der Waals surface area contributed by atoms with Gasteiger partial charge in [-0.3, -0.25) is 10.1 Å². The molecule has 10 heteroatoms. The van der Waals surface area contributed by atoms with Crippen molar-refractivity contribution in [1.29, 1.82) is 0 Å². The standard InChI is InChI=1S/C8H6ClF3N2O4/c1-17-7-5(18-8(10,11)12)3-13-4(2-9)6(7)14(15)16/h3H,2H2,1H3. The number of hydrogen-bond acceptors (Lipinski definition) is 5. The van der Waals surface area contributed by atoms with Crippen molar-refractivity contribution in [3.05, 3.63) is 22.0 Å². The fraction of sp³-hybridized carbons (Fsp3) is 0.375. The summed E-state index contributed by atoms with van der Waals surface area (Å²) in [6, 6.07) is 0. The third-order valence-electron chi connectivity index (χ3n) is 1.79. The Morgan fingerprint density at radius 2 is 2.17 bits per heavy atom. The predicted molar refractivity (Wildman–Crippen MR) is 53.7 cm³/mol. The Kier molecular flexibility index (Phi) is 4.17. The molecule has 0 saturated heterocycles. The van der Waals surface area contributed by atoms with Crippen molar-refractivity contribution in [2.45, 2.75) is 12.2 Å². The minimum absolute atomic E-state index is 0.215. The third-order valence-corrected chi connectivity index (χ3v) is 2.04. The Balaban J connectivity index is 3.38. The van der Waals surface area contributed by atoms with Crippen LogP contribution in [0.2, 0.25) is 0 Å². The molecule has 1 heterocycles. The van der Waals surface area contributed by atoms with Crippen LogP contribution in [0.3, 0.4) is 0 Å². The molecule has 1 aromatic rings. The number of hydrogen-bond donors (Lipinski definition) is 0. The molecule has 0 aliphatic carbocycles. The van der Waals surface area contributed by atoms with E-state index in [1.165, 1.54) is 0 Å². The van der Waals surface area contributed by atoms with Crippen LogP contribution >= 0.6 is 11.6 Å². The molecular weight excluding hydrogens is 281 g/mol. The first-order valence-corrected chi connectivity index (χ1v) is 4.85. The molecule has 18 heavy (non-hydrogen) atoms. The van der Waals surface area contributed by atoms with Gasteiger partial charge in [-0.05, 0) is 0 Å². The Bertz CT molecular complexity index is 466. The molecule has 0 bridgehead atoms. The van der Waals surface area contributed by atoms with Crippen LogP contribution in [0, 0.1) is 10.1 Å². The summed E-state index contributed by atoms with van der Waals surface area (Å²) in [5, 5.41) is 10.8. The number of rotatable bonds is 4. The van der Waals surface area contributed by atoms with Gasteiger partial charge in [0.2, 0.25) is 5.75 Å². The van der Waals surface area contributed by atoms with Gasteiger partial charge in [-0.25, -0.2) is 4.98 Å². The van der Waals surface area contributed by atoms with Crippen LogP contribution in [-0.2, 0) is 5.88 Å². The summed E-state index contributed by atoms with van der Waals surface area (Å²) >= 11 is 5.40. The molecule has 0 amide bonds. The summed E-state index contributed by atoms with van der Waals surface area (Å²) in [6.07, 6.45) is -4.34. The van der Waals surface area contributed by atoms with Crippen LogP contribution < -0.4 is 9.47 Å². The van der Waals surface area contributed by atoms with Crippen molar-refractivity contribution in [3.63, 3.8) is 0 Å². The van der Waals surface area contributed by atoms with Gasteiger partial charge in [-0.2, -0.15) is 0 Å². The lowest BCUT2D eigenvalue weighted by Gasteiger charge is -2.12. The summed E-state index contributed by atoms with van der Waals surface area (Å²) in [4.78, 5) is 13.3. The average molecular weight is 287 g/mol. The molecule has 0 unspecified atom stereocenters. The van der Waals surface area contributed by atoms with Crippen molar-refractivity contribution >= 4 is 17.3 Å². The number of nitrogens with zero attached hydrogens (tertiary/aromatic N) is 2. The zero-order valence-electron chi connectivity index (χ0n) is 8.82. The number of methoxy groups -OCH3 is 1. The highest BCUT2D eigenvalue weighted by atomic mass is 35.5. The average Bonchev–Trinajstić information content (AvgIpc) is 2.26. The molecular formula is C8H6ClF3N2O4. The van der Waals surface area contributed by atoms with Gasteiger partial charge in [-0.15, -0.1) is 24.8 Å². The SMILES string of the molecule is COc1c(OC(F)(F)F)cnc(CCl)c1[N+](=O)[O-]. The van der Waals surface area contributed by atoms with E-state index in [9.17, 15) is 23.3 Å². The van der Waals surface area contributed by atoms with Gasteiger partial charge in [0, 0.05) is 0 Å². The molecule has 0 aliphatic rings. The van der Waals surface area contributed by atoms with Gasteiger partial charge >= 0.3 is 12.0 Å². The van der Waals surface area contributed by atoms with Crippen molar-refractivity contribution in [1.82, 2.24) is 4.98 Å². The van der Waals surface area contributed by atoms with Crippen LogP contribution in [-0.4, -0.2) is 23.4 Å². The summed E-state index contributed by atoms with van der Waals surface area (Å²) in [6.45, 7) is 0. The Morgan fingerprint density at radius 1 is 1.56 bits per heavy atom. The van der Waals surface area contributed by atoms with Crippen LogP contribution in [0.5, 0.6) is 11.5 Å². The quantitative estimate of drug-likeness (QED) is 0.483. The fourth-order valence-corrected chi connectivity index (χ4v) is 1.38. The van der Waals surface area contributed by atoms with Gasteiger partial charge in [0.1, 0.15) is 5.69 Å². The molecule has 0 radical (unpaired) electrons. The topological polar surface area (TPSA) is 74.5 Å². The van der Waals surface area contributed by atoms with Crippen molar-refractivity contribution in [3.8, 4) is 11.5 Å². The fourth-order valence-electron chi connectivity index (χ4n) is 1.18. The zero-order chi connectivity index (χ0) is 13.9. The summed E-state index contributed by atoms with van der Waals surface area (Å²) in [7, 11) is 0.976. The third kappa shape index (κ3) is 3.13. The highest BCUT2D eigenvalue weighted by Gasteiger charge is 2.36. The highest BCUT2D eigenvalue weighted by Crippen LogP contribution is 2.40. The van der Waals surface area contributed by atoms with Crippen LogP contribution in [0.15, 0.2) is 6.20 Å². The van der Waals surface area contributed by atoms with E-state index in [-0.39, 0.29) is 11.6 Å². The smallest absolute Gasteiger partial charge is 0.487 e. The first-order chi connectivity index (χ1) is 8.30.